The van der Waals surface area contributed by atoms with Crippen LogP contribution < -0.4 is 9.80 Å². The summed E-state index contributed by atoms with van der Waals surface area (Å²) in [4.78, 5) is 11.5. The second-order valence-electron chi connectivity index (χ2n) is 15.4. The molecule has 0 saturated heterocycles. The van der Waals surface area contributed by atoms with Gasteiger partial charge in [-0.25, -0.2) is 4.98 Å². The summed E-state index contributed by atoms with van der Waals surface area (Å²) in [5.41, 5.74) is 12.4. The van der Waals surface area contributed by atoms with Gasteiger partial charge in [0, 0.05) is 61.0 Å². The first-order valence-electron chi connectivity index (χ1n) is 19.3. The molecule has 58 heavy (non-hydrogen) atoms. The zero-order chi connectivity index (χ0) is 38.5. The summed E-state index contributed by atoms with van der Waals surface area (Å²) < 4.78 is 2.26. The number of fused-ring (bicyclic) bond motifs is 4. The topological polar surface area (TPSA) is 24.3 Å². The molecule has 3 heterocycles. The number of nitrogens with zero attached hydrogens (tertiary/aromatic N) is 4. The molecule has 6 heteroatoms. The van der Waals surface area contributed by atoms with Crippen molar-refractivity contribution in [2.45, 2.75) is 36.0 Å². The number of anilines is 4. The molecule has 0 radical (unpaired) electrons. The van der Waals surface area contributed by atoms with Crippen molar-refractivity contribution in [1.82, 2.24) is 9.55 Å². The molecule has 0 spiro atoms. The second kappa shape index (κ2) is 15.5. The Kier molecular flexibility index (Phi) is 10.1. The van der Waals surface area contributed by atoms with Gasteiger partial charge in [0.05, 0.1) is 0 Å². The molecule has 0 unspecified atom stereocenters. The summed E-state index contributed by atoms with van der Waals surface area (Å²) in [5, 5.41) is 2.35. The second-order valence-corrected chi connectivity index (χ2v) is 16.5. The molecule has 0 fully saturated rings. The Labute approximate surface area is 359 Å². The number of rotatable bonds is 7. The van der Waals surface area contributed by atoms with E-state index in [1.807, 2.05) is 6.20 Å². The molecule has 9 aromatic rings. The number of benzene rings is 7. The van der Waals surface area contributed by atoms with Crippen LogP contribution in [-0.2, 0) is 26.5 Å². The van der Waals surface area contributed by atoms with E-state index in [9.17, 15) is 0 Å². The maximum Gasteiger partial charge on any atom is 0.135 e. The van der Waals surface area contributed by atoms with E-state index in [4.69, 9.17) is 4.98 Å². The zero-order valence-corrected chi connectivity index (χ0v) is 35.4. The minimum absolute atomic E-state index is 0. The van der Waals surface area contributed by atoms with Crippen molar-refractivity contribution in [2.24, 2.45) is 0 Å². The molecule has 1 aliphatic heterocycles. The van der Waals surface area contributed by atoms with Crippen molar-refractivity contribution in [3.8, 4) is 28.1 Å². The van der Waals surface area contributed by atoms with Crippen molar-refractivity contribution in [3.63, 3.8) is 0 Å². The number of pyridine rings is 1. The number of aromatic nitrogens is 2. The van der Waals surface area contributed by atoms with Crippen LogP contribution in [-0.4, -0.2) is 9.55 Å². The quantitative estimate of drug-likeness (QED) is 0.149. The van der Waals surface area contributed by atoms with E-state index in [0.29, 0.717) is 0 Å². The predicted octanol–water partition coefficient (Wildman–Crippen LogP) is 14.0. The summed E-state index contributed by atoms with van der Waals surface area (Å²) in [6, 6.07) is 67.8. The Balaban J connectivity index is 0.00000436. The first-order valence-corrected chi connectivity index (χ1v) is 20.1. The molecule has 2 aromatic heterocycles. The molecule has 0 bridgehead atoms. The fraction of sp³-hybridized carbons (Fsp3) is 0.0769. The zero-order valence-electron chi connectivity index (χ0n) is 32.3. The van der Waals surface area contributed by atoms with Crippen molar-refractivity contribution >= 4 is 56.3 Å². The van der Waals surface area contributed by atoms with E-state index in [2.05, 4.69) is 224 Å². The smallest absolute Gasteiger partial charge is 0.135 e. The van der Waals surface area contributed by atoms with E-state index in [1.165, 1.54) is 33.2 Å². The van der Waals surface area contributed by atoms with Crippen LogP contribution >= 0.6 is 11.8 Å². The van der Waals surface area contributed by atoms with Crippen LogP contribution in [0.2, 0.25) is 0 Å². The molecule has 0 atom stereocenters. The molecule has 7 aromatic carbocycles. The normalized spacial score (nSPS) is 12.5. The van der Waals surface area contributed by atoms with Gasteiger partial charge in [-0.05, 0) is 57.8 Å². The number of hydrogen-bond donors (Lipinski definition) is 0. The van der Waals surface area contributed by atoms with Crippen molar-refractivity contribution in [2.75, 3.05) is 9.80 Å². The van der Waals surface area contributed by atoms with Crippen molar-refractivity contribution < 1.29 is 21.1 Å². The summed E-state index contributed by atoms with van der Waals surface area (Å²) in [5.74, 6) is 0.901. The van der Waals surface area contributed by atoms with E-state index in [-0.39, 0.29) is 26.5 Å². The number of hydrogen-bond acceptors (Lipinski definition) is 4. The van der Waals surface area contributed by atoms with Crippen LogP contribution in [0.5, 0.6) is 0 Å². The third kappa shape index (κ3) is 6.83. The summed E-state index contributed by atoms with van der Waals surface area (Å²) in [6.07, 6.45) is 1.92. The Morgan fingerprint density at radius 2 is 1.19 bits per heavy atom. The average Bonchev–Trinajstić information content (AvgIpc) is 3.80. The van der Waals surface area contributed by atoms with Gasteiger partial charge in [0.1, 0.15) is 5.82 Å². The molecule has 0 amide bonds. The first kappa shape index (κ1) is 37.7. The van der Waals surface area contributed by atoms with Crippen LogP contribution in [0.4, 0.5) is 22.7 Å². The van der Waals surface area contributed by atoms with E-state index < -0.39 is 0 Å². The molecule has 0 aliphatic carbocycles. The average molecular weight is 947 g/mol. The number of para-hydroxylation sites is 4. The molecule has 1 aliphatic rings. The Morgan fingerprint density at radius 3 is 1.90 bits per heavy atom. The summed E-state index contributed by atoms with van der Waals surface area (Å²) in [7, 11) is 0. The van der Waals surface area contributed by atoms with Gasteiger partial charge in [-0.3, -0.25) is 0 Å². The largest absolute Gasteiger partial charge is 0.493 e. The van der Waals surface area contributed by atoms with Gasteiger partial charge in [0.2, 0.25) is 0 Å². The van der Waals surface area contributed by atoms with Gasteiger partial charge in [-0.15, -0.1) is 57.5 Å². The molecular weight excluding hydrogens is 908 g/mol. The van der Waals surface area contributed by atoms with Crippen LogP contribution in [0.1, 0.15) is 26.3 Å². The van der Waals surface area contributed by atoms with E-state index in [0.717, 1.165) is 54.8 Å². The molecular formula is C52H39N4PtS-3. The Bertz CT molecular complexity index is 2860. The van der Waals surface area contributed by atoms with Crippen LogP contribution in [0.25, 0.3) is 49.9 Å². The van der Waals surface area contributed by atoms with Crippen molar-refractivity contribution in [3.05, 3.63) is 200 Å². The minimum atomic E-state index is 0. The molecule has 0 saturated carbocycles. The van der Waals surface area contributed by atoms with Crippen LogP contribution in [0.15, 0.2) is 186 Å². The van der Waals surface area contributed by atoms with Crippen molar-refractivity contribution in [1.29, 1.82) is 0 Å². The van der Waals surface area contributed by atoms with Gasteiger partial charge in [-0.2, -0.15) is 24.3 Å². The van der Waals surface area contributed by atoms with Gasteiger partial charge in [0.25, 0.3) is 0 Å². The Morgan fingerprint density at radius 1 is 0.569 bits per heavy atom. The molecule has 286 valence electrons. The minimum Gasteiger partial charge on any atom is -0.493 e. The summed E-state index contributed by atoms with van der Waals surface area (Å²) in [6.45, 7) is 8.94. The fourth-order valence-electron chi connectivity index (χ4n) is 7.92. The molecule has 10 rings (SSSR count). The SMILES string of the molecule is CC(C)(C)c1ccnc(-n2c3[c-]c(Sc4[c-]c(N5[CH-]N(c6c(-c7ccccc7)cccc6-c6ccccc6)c6ccccc65)ccc4)ccc3c3ccccc32)c1.[Pt]. The maximum atomic E-state index is 4.87. The predicted molar refractivity (Wildman–Crippen MR) is 238 cm³/mol. The molecule has 0 N–H and O–H groups in total. The van der Waals surface area contributed by atoms with Gasteiger partial charge < -0.3 is 14.4 Å². The first-order chi connectivity index (χ1) is 27.9. The summed E-state index contributed by atoms with van der Waals surface area (Å²) >= 11 is 1.68. The molecule has 4 nitrogen and oxygen atoms in total. The van der Waals surface area contributed by atoms with Gasteiger partial charge >= 0.3 is 0 Å². The van der Waals surface area contributed by atoms with E-state index in [1.54, 1.807) is 11.8 Å². The van der Waals surface area contributed by atoms with Gasteiger partial charge in [-0.1, -0.05) is 135 Å². The monoisotopic (exact) mass is 946 g/mol. The van der Waals surface area contributed by atoms with Crippen LogP contribution in [0, 0.1) is 18.8 Å². The third-order valence-corrected chi connectivity index (χ3v) is 11.6. The van der Waals surface area contributed by atoms with Gasteiger partial charge in [0.15, 0.2) is 0 Å². The van der Waals surface area contributed by atoms with Crippen LogP contribution in [0.3, 0.4) is 0 Å². The standard InChI is InChI=1S/C52H39N4S.Pt/c1-52(2,3)38-30-31-53-50(32-38)56-46-25-11-10-22-44(46)45-29-28-41(34-49(45)56)57-40-21-14-20-39(33-40)54-35-55(48-27-13-12-26-47(48)54)51-42(36-16-6-4-7-17-36)23-15-24-43(51)37-18-8-5-9-19-37;/h4-32,35H,1-3H3;/q-3;. The maximum absolute atomic E-state index is 4.87. The fourth-order valence-corrected chi connectivity index (χ4v) is 8.74. The Hall–Kier alpha value is -5.87. The van der Waals surface area contributed by atoms with E-state index >= 15 is 0 Å². The third-order valence-electron chi connectivity index (χ3n) is 10.7.